The fourth-order valence-electron chi connectivity index (χ4n) is 2.25. The Hall–Kier alpha value is -1.85. The summed E-state index contributed by atoms with van der Waals surface area (Å²) >= 11 is 0. The van der Waals surface area contributed by atoms with Crippen LogP contribution < -0.4 is 10.2 Å². The van der Waals surface area contributed by atoms with E-state index in [-0.39, 0.29) is 6.03 Å². The normalized spacial score (nSPS) is 15.2. The molecule has 0 atom stereocenters. The zero-order chi connectivity index (χ0) is 14.2. The topological polar surface area (TPSA) is 61.4 Å². The fourth-order valence-corrected chi connectivity index (χ4v) is 2.25. The number of anilines is 1. The van der Waals surface area contributed by atoms with Crippen LogP contribution in [0.3, 0.4) is 0 Å². The van der Waals surface area contributed by atoms with E-state index in [4.69, 9.17) is 0 Å². The zero-order valence-electron chi connectivity index (χ0n) is 12.1. The molecule has 20 heavy (non-hydrogen) atoms. The Morgan fingerprint density at radius 3 is 2.55 bits per heavy atom. The summed E-state index contributed by atoms with van der Waals surface area (Å²) in [5, 5.41) is 2.98. The van der Waals surface area contributed by atoms with Crippen LogP contribution in [-0.2, 0) is 0 Å². The van der Waals surface area contributed by atoms with Crippen molar-refractivity contribution in [3.05, 3.63) is 18.5 Å². The summed E-state index contributed by atoms with van der Waals surface area (Å²) in [5.41, 5.74) is 0. The third-order valence-corrected chi connectivity index (χ3v) is 3.46. The number of nitrogens with one attached hydrogen (secondary N) is 1. The molecule has 1 saturated heterocycles. The molecule has 6 nitrogen and oxygen atoms in total. The first-order valence-corrected chi connectivity index (χ1v) is 7.36. The Balaban J connectivity index is 1.72. The molecule has 1 N–H and O–H groups in total. The Bertz CT molecular complexity index is 403. The van der Waals surface area contributed by atoms with Gasteiger partial charge in [-0.15, -0.1) is 0 Å². The lowest BCUT2D eigenvalue weighted by atomic mass is 10.2. The highest BCUT2D eigenvalue weighted by Crippen LogP contribution is 2.09. The van der Waals surface area contributed by atoms with E-state index in [0.717, 1.165) is 45.1 Å². The summed E-state index contributed by atoms with van der Waals surface area (Å²) in [6, 6.07) is 1.86. The van der Waals surface area contributed by atoms with Crippen molar-refractivity contribution < 1.29 is 4.79 Å². The first-order valence-electron chi connectivity index (χ1n) is 7.36. The highest BCUT2D eigenvalue weighted by molar-refractivity contribution is 5.74. The Kier molecular flexibility index (Phi) is 5.58. The summed E-state index contributed by atoms with van der Waals surface area (Å²) in [7, 11) is 0. The van der Waals surface area contributed by atoms with E-state index in [1.807, 2.05) is 11.0 Å². The number of carbonyl (C=O) groups is 1. The van der Waals surface area contributed by atoms with Crippen LogP contribution in [0.4, 0.5) is 10.7 Å². The molecule has 6 heteroatoms. The third-order valence-electron chi connectivity index (χ3n) is 3.46. The van der Waals surface area contributed by atoms with Gasteiger partial charge in [0.2, 0.25) is 5.95 Å². The average molecular weight is 277 g/mol. The molecular formula is C14H23N5O. The van der Waals surface area contributed by atoms with Crippen molar-refractivity contribution in [3.8, 4) is 0 Å². The van der Waals surface area contributed by atoms with Crippen LogP contribution in [0.5, 0.6) is 0 Å². The highest BCUT2D eigenvalue weighted by atomic mass is 16.2. The van der Waals surface area contributed by atoms with E-state index in [1.165, 1.54) is 12.8 Å². The molecule has 0 spiro atoms. The third kappa shape index (κ3) is 4.08. The van der Waals surface area contributed by atoms with Gasteiger partial charge in [0.15, 0.2) is 0 Å². The second-order valence-electron chi connectivity index (χ2n) is 4.96. The molecule has 0 bridgehead atoms. The van der Waals surface area contributed by atoms with Gasteiger partial charge in [-0.1, -0.05) is 19.8 Å². The monoisotopic (exact) mass is 277 g/mol. The van der Waals surface area contributed by atoms with E-state index in [1.54, 1.807) is 12.4 Å². The Morgan fingerprint density at radius 2 is 1.90 bits per heavy atom. The zero-order valence-corrected chi connectivity index (χ0v) is 12.1. The lowest BCUT2D eigenvalue weighted by molar-refractivity contribution is 0.194. The molecule has 2 amide bonds. The Morgan fingerprint density at radius 1 is 1.20 bits per heavy atom. The van der Waals surface area contributed by atoms with Crippen molar-refractivity contribution >= 4 is 12.0 Å². The number of amides is 2. The lowest BCUT2D eigenvalue weighted by Crippen LogP contribution is -2.52. The first kappa shape index (κ1) is 14.6. The molecule has 1 aromatic heterocycles. The van der Waals surface area contributed by atoms with Gasteiger partial charge in [-0.3, -0.25) is 0 Å². The van der Waals surface area contributed by atoms with Gasteiger partial charge >= 0.3 is 6.03 Å². The summed E-state index contributed by atoms with van der Waals surface area (Å²) in [4.78, 5) is 24.4. The van der Waals surface area contributed by atoms with Gasteiger partial charge in [-0.2, -0.15) is 0 Å². The molecular weight excluding hydrogens is 254 g/mol. The van der Waals surface area contributed by atoms with Crippen molar-refractivity contribution in [2.24, 2.45) is 0 Å². The van der Waals surface area contributed by atoms with E-state index in [0.29, 0.717) is 0 Å². The van der Waals surface area contributed by atoms with Crippen molar-refractivity contribution in [2.45, 2.75) is 26.2 Å². The molecule has 1 fully saturated rings. The molecule has 0 saturated carbocycles. The minimum atomic E-state index is 0.0507. The molecule has 0 aliphatic carbocycles. The fraction of sp³-hybridized carbons (Fsp3) is 0.643. The van der Waals surface area contributed by atoms with Crippen LogP contribution in [0.15, 0.2) is 18.5 Å². The predicted octanol–water partition coefficient (Wildman–Crippen LogP) is 1.50. The maximum absolute atomic E-state index is 12.0. The molecule has 0 aromatic carbocycles. The number of hydrogen-bond acceptors (Lipinski definition) is 4. The van der Waals surface area contributed by atoms with Crippen LogP contribution >= 0.6 is 0 Å². The summed E-state index contributed by atoms with van der Waals surface area (Å²) < 4.78 is 0. The largest absolute Gasteiger partial charge is 0.338 e. The minimum absolute atomic E-state index is 0.0507. The number of unbranched alkanes of at least 4 members (excludes halogenated alkanes) is 2. The van der Waals surface area contributed by atoms with Gasteiger partial charge in [-0.05, 0) is 12.5 Å². The maximum Gasteiger partial charge on any atom is 0.317 e. The van der Waals surface area contributed by atoms with Crippen molar-refractivity contribution in [3.63, 3.8) is 0 Å². The van der Waals surface area contributed by atoms with Gasteiger partial charge in [0.25, 0.3) is 0 Å². The van der Waals surface area contributed by atoms with E-state index < -0.39 is 0 Å². The maximum atomic E-state index is 12.0. The smallest absolute Gasteiger partial charge is 0.317 e. The molecule has 2 heterocycles. The van der Waals surface area contributed by atoms with E-state index >= 15 is 0 Å². The summed E-state index contributed by atoms with van der Waals surface area (Å²) in [6.45, 7) is 5.94. The number of nitrogens with zero attached hydrogens (tertiary/aromatic N) is 4. The highest BCUT2D eigenvalue weighted by Gasteiger charge is 2.21. The van der Waals surface area contributed by atoms with E-state index in [2.05, 4.69) is 27.1 Å². The van der Waals surface area contributed by atoms with Gasteiger partial charge in [0, 0.05) is 45.1 Å². The molecule has 2 rings (SSSR count). The van der Waals surface area contributed by atoms with Crippen molar-refractivity contribution in [2.75, 3.05) is 37.6 Å². The number of hydrogen-bond donors (Lipinski definition) is 1. The molecule has 1 aliphatic heterocycles. The van der Waals surface area contributed by atoms with Gasteiger partial charge in [0.1, 0.15) is 0 Å². The van der Waals surface area contributed by atoms with Crippen LogP contribution in [-0.4, -0.2) is 53.6 Å². The van der Waals surface area contributed by atoms with Crippen LogP contribution in [0, 0.1) is 0 Å². The van der Waals surface area contributed by atoms with Gasteiger partial charge < -0.3 is 15.1 Å². The minimum Gasteiger partial charge on any atom is -0.338 e. The summed E-state index contributed by atoms with van der Waals surface area (Å²) in [5.74, 6) is 0.746. The number of aromatic nitrogens is 2. The quantitative estimate of drug-likeness (QED) is 0.829. The van der Waals surface area contributed by atoms with Crippen LogP contribution in [0.2, 0.25) is 0 Å². The van der Waals surface area contributed by atoms with Crippen LogP contribution in [0.1, 0.15) is 26.2 Å². The van der Waals surface area contributed by atoms with Crippen molar-refractivity contribution in [1.29, 1.82) is 0 Å². The van der Waals surface area contributed by atoms with Gasteiger partial charge in [0.05, 0.1) is 0 Å². The van der Waals surface area contributed by atoms with Crippen LogP contribution in [0.25, 0.3) is 0 Å². The number of urea groups is 1. The molecule has 1 aliphatic rings. The Labute approximate surface area is 120 Å². The molecule has 0 radical (unpaired) electrons. The molecule has 110 valence electrons. The van der Waals surface area contributed by atoms with Gasteiger partial charge in [-0.25, -0.2) is 14.8 Å². The number of piperazine rings is 1. The average Bonchev–Trinajstić information content (AvgIpc) is 2.52. The van der Waals surface area contributed by atoms with Crippen molar-refractivity contribution in [1.82, 2.24) is 20.2 Å². The number of rotatable bonds is 5. The lowest BCUT2D eigenvalue weighted by Gasteiger charge is -2.34. The first-order chi connectivity index (χ1) is 9.81. The number of carbonyl (C=O) groups excluding carboxylic acids is 1. The van der Waals surface area contributed by atoms with E-state index in [9.17, 15) is 4.79 Å². The predicted molar refractivity (Wildman–Crippen MR) is 78.7 cm³/mol. The molecule has 1 aromatic rings. The standard InChI is InChI=1S/C14H23N5O/c1-2-3-4-6-17-14(20)19-11-9-18(10-12-19)13-15-7-5-8-16-13/h5,7-8H,2-4,6,9-12H2,1H3,(H,17,20). The SMILES string of the molecule is CCCCCNC(=O)N1CCN(c2ncccn2)CC1. The molecule has 0 unspecified atom stereocenters. The second-order valence-corrected chi connectivity index (χ2v) is 4.96. The second kappa shape index (κ2) is 7.67. The summed E-state index contributed by atoms with van der Waals surface area (Å²) in [6.07, 6.45) is 6.88.